The van der Waals surface area contributed by atoms with Gasteiger partial charge in [0.25, 0.3) is 5.91 Å². The first-order chi connectivity index (χ1) is 7.68. The molecule has 0 bridgehead atoms. The highest BCUT2D eigenvalue weighted by molar-refractivity contribution is 5.94. The third-order valence-electron chi connectivity index (χ3n) is 2.31. The number of fused-ring (bicyclic) bond motifs is 1. The number of nitrogens with zero attached hydrogens (tertiary/aromatic N) is 1. The quantitative estimate of drug-likeness (QED) is 0.433. The van der Waals surface area contributed by atoms with E-state index in [-0.39, 0.29) is 5.91 Å². The van der Waals surface area contributed by atoms with Gasteiger partial charge in [-0.1, -0.05) is 0 Å². The second-order valence-corrected chi connectivity index (χ2v) is 3.63. The first-order valence-electron chi connectivity index (χ1n) is 5.11. The van der Waals surface area contributed by atoms with Crippen LogP contribution in [0.15, 0.2) is 18.2 Å². The molecule has 2 rings (SSSR count). The maximum absolute atomic E-state index is 11.6. The number of carbonyl (C=O) groups excluding carboxylic acids is 1. The van der Waals surface area contributed by atoms with Crippen molar-refractivity contribution in [3.8, 4) is 11.5 Å². The number of carbonyl (C=O) groups is 1. The van der Waals surface area contributed by atoms with Gasteiger partial charge >= 0.3 is 0 Å². The Morgan fingerprint density at radius 3 is 2.69 bits per heavy atom. The van der Waals surface area contributed by atoms with Gasteiger partial charge in [0.1, 0.15) is 0 Å². The molecule has 0 saturated carbocycles. The van der Waals surface area contributed by atoms with Gasteiger partial charge in [-0.3, -0.25) is 9.80 Å². The van der Waals surface area contributed by atoms with Crippen LogP contribution < -0.4 is 15.3 Å². The van der Waals surface area contributed by atoms with E-state index < -0.39 is 0 Å². The fraction of sp³-hybridized carbons (Fsp3) is 0.364. The topological polar surface area (TPSA) is 64.8 Å². The van der Waals surface area contributed by atoms with E-state index in [0.29, 0.717) is 30.3 Å². The van der Waals surface area contributed by atoms with Crippen molar-refractivity contribution in [1.82, 2.24) is 5.01 Å². The lowest BCUT2D eigenvalue weighted by molar-refractivity contribution is 0.0794. The largest absolute Gasteiger partial charge is 0.490 e. The van der Waals surface area contributed by atoms with E-state index in [0.717, 1.165) is 11.4 Å². The van der Waals surface area contributed by atoms with Crippen LogP contribution in [0.5, 0.6) is 11.5 Å². The number of nitrogens with two attached hydrogens (primary N) is 1. The molecule has 0 aromatic heterocycles. The Bertz CT molecular complexity index is 404. The van der Waals surface area contributed by atoms with E-state index in [1.165, 1.54) is 7.05 Å². The van der Waals surface area contributed by atoms with Crippen LogP contribution in [-0.4, -0.2) is 31.2 Å². The molecule has 1 aromatic rings. The number of rotatable bonds is 1. The van der Waals surface area contributed by atoms with Crippen molar-refractivity contribution in [2.75, 3.05) is 20.3 Å². The first kappa shape index (κ1) is 10.8. The van der Waals surface area contributed by atoms with E-state index in [4.69, 9.17) is 15.3 Å². The van der Waals surface area contributed by atoms with E-state index in [9.17, 15) is 4.79 Å². The summed E-state index contributed by atoms with van der Waals surface area (Å²) in [6.45, 7) is 1.24. The van der Waals surface area contributed by atoms with Crippen LogP contribution >= 0.6 is 0 Å². The van der Waals surface area contributed by atoms with Gasteiger partial charge in [-0.2, -0.15) is 0 Å². The lowest BCUT2D eigenvalue weighted by atomic mass is 10.2. The molecule has 0 spiro atoms. The normalized spacial score (nSPS) is 14.1. The van der Waals surface area contributed by atoms with Crippen molar-refractivity contribution < 1.29 is 14.3 Å². The standard InChI is InChI=1S/C11H14N2O3/c1-13(12)11(14)8-3-4-9-10(7-8)16-6-2-5-15-9/h3-4,7H,2,5-6,12H2,1H3. The average molecular weight is 222 g/mol. The lowest BCUT2D eigenvalue weighted by Gasteiger charge is -2.12. The van der Waals surface area contributed by atoms with Gasteiger partial charge in [-0.15, -0.1) is 0 Å². The van der Waals surface area contributed by atoms with Crippen LogP contribution in [0, 0.1) is 0 Å². The summed E-state index contributed by atoms with van der Waals surface area (Å²) < 4.78 is 10.9. The third kappa shape index (κ3) is 2.09. The predicted octanol–water partition coefficient (Wildman–Crippen LogP) is 0.794. The molecule has 86 valence electrons. The Morgan fingerprint density at radius 1 is 1.31 bits per heavy atom. The van der Waals surface area contributed by atoms with Crippen molar-refractivity contribution in [1.29, 1.82) is 0 Å². The van der Waals surface area contributed by atoms with Gasteiger partial charge < -0.3 is 9.47 Å². The minimum Gasteiger partial charge on any atom is -0.490 e. The van der Waals surface area contributed by atoms with Gasteiger partial charge in [0.2, 0.25) is 0 Å². The zero-order chi connectivity index (χ0) is 11.5. The van der Waals surface area contributed by atoms with Crippen LogP contribution in [0.25, 0.3) is 0 Å². The molecule has 1 heterocycles. The summed E-state index contributed by atoms with van der Waals surface area (Å²) in [5.74, 6) is 6.41. The number of hydrogen-bond acceptors (Lipinski definition) is 4. The van der Waals surface area contributed by atoms with Crippen molar-refractivity contribution >= 4 is 5.91 Å². The molecule has 16 heavy (non-hydrogen) atoms. The zero-order valence-electron chi connectivity index (χ0n) is 9.10. The highest BCUT2D eigenvalue weighted by Crippen LogP contribution is 2.30. The van der Waals surface area contributed by atoms with Crippen LogP contribution in [0.4, 0.5) is 0 Å². The minimum atomic E-state index is -0.254. The molecular weight excluding hydrogens is 208 g/mol. The summed E-state index contributed by atoms with van der Waals surface area (Å²) in [6, 6.07) is 5.07. The van der Waals surface area contributed by atoms with E-state index in [2.05, 4.69) is 0 Å². The Morgan fingerprint density at radius 2 is 2.00 bits per heavy atom. The number of ether oxygens (including phenoxy) is 2. The third-order valence-corrected chi connectivity index (χ3v) is 2.31. The van der Waals surface area contributed by atoms with Gasteiger partial charge in [-0.05, 0) is 18.2 Å². The first-order valence-corrected chi connectivity index (χ1v) is 5.11. The molecule has 0 saturated heterocycles. The van der Waals surface area contributed by atoms with Crippen molar-refractivity contribution in [2.24, 2.45) is 5.84 Å². The lowest BCUT2D eigenvalue weighted by Crippen LogP contribution is -2.33. The van der Waals surface area contributed by atoms with Crippen LogP contribution in [0.2, 0.25) is 0 Å². The summed E-state index contributed by atoms with van der Waals surface area (Å²) in [5, 5.41) is 1.04. The molecule has 1 aromatic carbocycles. The van der Waals surface area contributed by atoms with E-state index in [1.54, 1.807) is 18.2 Å². The average Bonchev–Trinajstić information content (AvgIpc) is 2.51. The highest BCUT2D eigenvalue weighted by Gasteiger charge is 2.15. The molecule has 5 nitrogen and oxygen atoms in total. The number of hydrogen-bond donors (Lipinski definition) is 1. The summed E-state index contributed by atoms with van der Waals surface area (Å²) in [6.07, 6.45) is 0.842. The summed E-state index contributed by atoms with van der Waals surface area (Å²) >= 11 is 0. The monoisotopic (exact) mass is 222 g/mol. The second-order valence-electron chi connectivity index (χ2n) is 3.63. The fourth-order valence-corrected chi connectivity index (χ4v) is 1.50. The molecule has 0 fully saturated rings. The van der Waals surface area contributed by atoms with Crippen molar-refractivity contribution in [3.63, 3.8) is 0 Å². The Balaban J connectivity index is 2.30. The SMILES string of the molecule is CN(N)C(=O)c1ccc2c(c1)OCCCO2. The molecule has 0 atom stereocenters. The molecular formula is C11H14N2O3. The second kappa shape index (κ2) is 4.40. The van der Waals surface area contributed by atoms with Gasteiger partial charge in [0.05, 0.1) is 13.2 Å². The molecule has 0 radical (unpaired) electrons. The molecule has 1 aliphatic rings. The van der Waals surface area contributed by atoms with Crippen LogP contribution in [0.1, 0.15) is 16.8 Å². The highest BCUT2D eigenvalue weighted by atomic mass is 16.5. The smallest absolute Gasteiger partial charge is 0.267 e. The van der Waals surface area contributed by atoms with Crippen LogP contribution in [0.3, 0.4) is 0 Å². The minimum absolute atomic E-state index is 0.254. The Hall–Kier alpha value is -1.75. The predicted molar refractivity (Wildman–Crippen MR) is 58.3 cm³/mol. The molecule has 5 heteroatoms. The summed E-state index contributed by atoms with van der Waals surface area (Å²) in [7, 11) is 1.51. The fourth-order valence-electron chi connectivity index (χ4n) is 1.50. The van der Waals surface area contributed by atoms with Crippen molar-refractivity contribution in [2.45, 2.75) is 6.42 Å². The number of hydrazine groups is 1. The molecule has 0 aliphatic carbocycles. The number of benzene rings is 1. The van der Waals surface area contributed by atoms with Gasteiger partial charge in [0, 0.05) is 19.0 Å². The molecule has 1 amide bonds. The summed E-state index contributed by atoms with van der Waals surface area (Å²) in [4.78, 5) is 11.6. The summed E-state index contributed by atoms with van der Waals surface area (Å²) in [5.41, 5.74) is 0.495. The van der Waals surface area contributed by atoms with E-state index >= 15 is 0 Å². The molecule has 1 aliphatic heterocycles. The maximum atomic E-state index is 11.6. The maximum Gasteiger partial charge on any atom is 0.267 e. The zero-order valence-corrected chi connectivity index (χ0v) is 9.10. The van der Waals surface area contributed by atoms with Gasteiger partial charge in [-0.25, -0.2) is 5.84 Å². The van der Waals surface area contributed by atoms with Crippen LogP contribution in [-0.2, 0) is 0 Å². The van der Waals surface area contributed by atoms with Gasteiger partial charge in [0.15, 0.2) is 11.5 Å². The Kier molecular flexibility index (Phi) is 2.96. The number of amides is 1. The van der Waals surface area contributed by atoms with Crippen molar-refractivity contribution in [3.05, 3.63) is 23.8 Å². The van der Waals surface area contributed by atoms with E-state index in [1.807, 2.05) is 0 Å². The molecule has 2 N–H and O–H groups in total. The molecule has 0 unspecified atom stereocenters. The Labute approximate surface area is 93.7 Å².